The van der Waals surface area contributed by atoms with Crippen molar-refractivity contribution in [2.24, 2.45) is 5.73 Å². The average Bonchev–Trinajstić information content (AvgIpc) is 2.37. The van der Waals surface area contributed by atoms with Crippen LogP contribution in [0.3, 0.4) is 0 Å². The van der Waals surface area contributed by atoms with Gasteiger partial charge in [0.15, 0.2) is 0 Å². The third-order valence-electron chi connectivity index (χ3n) is 3.58. The van der Waals surface area contributed by atoms with Gasteiger partial charge in [0.25, 0.3) is 0 Å². The first kappa shape index (κ1) is 13.8. The molecule has 0 aliphatic heterocycles. The Balaban J connectivity index is 2.61. The fraction of sp³-hybridized carbons (Fsp3) is 0.294. The SMILES string of the molecule is Cc1cccc(C(O)(c2cccc(C)c2)C(C)N)c1. The molecule has 0 saturated carbocycles. The molecule has 0 aromatic heterocycles. The van der Waals surface area contributed by atoms with Crippen molar-refractivity contribution in [2.45, 2.75) is 32.4 Å². The molecule has 2 nitrogen and oxygen atoms in total. The van der Waals surface area contributed by atoms with E-state index in [0.29, 0.717) is 0 Å². The molecule has 1 atom stereocenters. The summed E-state index contributed by atoms with van der Waals surface area (Å²) in [6.45, 7) is 5.87. The lowest BCUT2D eigenvalue weighted by atomic mass is 9.80. The van der Waals surface area contributed by atoms with E-state index in [4.69, 9.17) is 5.73 Å². The fourth-order valence-electron chi connectivity index (χ4n) is 2.46. The van der Waals surface area contributed by atoms with Crippen molar-refractivity contribution >= 4 is 0 Å². The summed E-state index contributed by atoms with van der Waals surface area (Å²) in [6.07, 6.45) is 0. The van der Waals surface area contributed by atoms with Crippen LogP contribution in [0.4, 0.5) is 0 Å². The van der Waals surface area contributed by atoms with Crippen molar-refractivity contribution < 1.29 is 5.11 Å². The van der Waals surface area contributed by atoms with Gasteiger partial charge in [0.1, 0.15) is 5.60 Å². The van der Waals surface area contributed by atoms with Crippen LogP contribution in [0.1, 0.15) is 29.2 Å². The van der Waals surface area contributed by atoms with Gasteiger partial charge in [0, 0.05) is 6.04 Å². The Morgan fingerprint density at radius 3 is 1.68 bits per heavy atom. The van der Waals surface area contributed by atoms with Gasteiger partial charge in [-0.2, -0.15) is 0 Å². The summed E-state index contributed by atoms with van der Waals surface area (Å²) in [5.41, 5.74) is 8.84. The van der Waals surface area contributed by atoms with Crippen LogP contribution in [0.5, 0.6) is 0 Å². The molecule has 0 spiro atoms. The van der Waals surface area contributed by atoms with Crippen LogP contribution in [0.15, 0.2) is 48.5 Å². The molecule has 0 aliphatic rings. The summed E-state index contributed by atoms with van der Waals surface area (Å²) in [6, 6.07) is 15.4. The van der Waals surface area contributed by atoms with Gasteiger partial charge in [0.2, 0.25) is 0 Å². The van der Waals surface area contributed by atoms with Crippen molar-refractivity contribution in [1.29, 1.82) is 0 Å². The molecule has 0 heterocycles. The number of rotatable bonds is 3. The first-order valence-electron chi connectivity index (χ1n) is 6.57. The monoisotopic (exact) mass is 255 g/mol. The predicted octanol–water partition coefficient (Wildman–Crippen LogP) is 2.89. The molecule has 2 aromatic carbocycles. The lowest BCUT2D eigenvalue weighted by Crippen LogP contribution is -2.44. The summed E-state index contributed by atoms with van der Waals surface area (Å²) < 4.78 is 0. The number of benzene rings is 2. The molecule has 19 heavy (non-hydrogen) atoms. The normalized spacial score (nSPS) is 13.3. The molecule has 3 N–H and O–H groups in total. The summed E-state index contributed by atoms with van der Waals surface area (Å²) in [5.74, 6) is 0. The van der Waals surface area contributed by atoms with Gasteiger partial charge >= 0.3 is 0 Å². The van der Waals surface area contributed by atoms with Gasteiger partial charge in [-0.15, -0.1) is 0 Å². The van der Waals surface area contributed by atoms with Gasteiger partial charge in [-0.25, -0.2) is 0 Å². The van der Waals surface area contributed by atoms with Crippen LogP contribution in [-0.2, 0) is 5.60 Å². The zero-order valence-electron chi connectivity index (χ0n) is 11.7. The van der Waals surface area contributed by atoms with Crippen LogP contribution in [-0.4, -0.2) is 11.1 Å². The van der Waals surface area contributed by atoms with E-state index in [2.05, 4.69) is 0 Å². The molecule has 0 radical (unpaired) electrons. The van der Waals surface area contributed by atoms with E-state index >= 15 is 0 Å². The molecule has 0 fully saturated rings. The lowest BCUT2D eigenvalue weighted by Gasteiger charge is -2.33. The first-order valence-corrected chi connectivity index (χ1v) is 6.57. The third kappa shape index (κ3) is 2.55. The van der Waals surface area contributed by atoms with E-state index < -0.39 is 11.6 Å². The van der Waals surface area contributed by atoms with E-state index in [1.54, 1.807) is 0 Å². The number of aryl methyl sites for hydroxylation is 2. The highest BCUT2D eigenvalue weighted by Gasteiger charge is 2.35. The minimum atomic E-state index is -1.15. The quantitative estimate of drug-likeness (QED) is 0.886. The van der Waals surface area contributed by atoms with Gasteiger partial charge in [-0.05, 0) is 31.9 Å². The van der Waals surface area contributed by atoms with Crippen molar-refractivity contribution in [2.75, 3.05) is 0 Å². The Labute approximate surface area is 114 Å². The third-order valence-corrected chi connectivity index (χ3v) is 3.58. The highest BCUT2D eigenvalue weighted by Crippen LogP contribution is 2.33. The topological polar surface area (TPSA) is 46.2 Å². The summed E-state index contributed by atoms with van der Waals surface area (Å²) >= 11 is 0. The molecular weight excluding hydrogens is 234 g/mol. The van der Waals surface area contributed by atoms with Crippen LogP contribution in [0.2, 0.25) is 0 Å². The highest BCUT2D eigenvalue weighted by atomic mass is 16.3. The number of hydrogen-bond acceptors (Lipinski definition) is 2. The van der Waals surface area contributed by atoms with Crippen LogP contribution >= 0.6 is 0 Å². The standard InChI is InChI=1S/C17H21NO/c1-12-6-4-8-15(10-12)17(19,14(3)18)16-9-5-7-13(2)11-16/h4-11,14,19H,18H2,1-3H3. The molecule has 2 heteroatoms. The van der Waals surface area contributed by atoms with Gasteiger partial charge < -0.3 is 10.8 Å². The Morgan fingerprint density at radius 1 is 0.947 bits per heavy atom. The van der Waals surface area contributed by atoms with E-state index in [0.717, 1.165) is 22.3 Å². The predicted molar refractivity (Wildman–Crippen MR) is 79.0 cm³/mol. The van der Waals surface area contributed by atoms with Crippen molar-refractivity contribution in [1.82, 2.24) is 0 Å². The second-order valence-electron chi connectivity index (χ2n) is 5.29. The van der Waals surface area contributed by atoms with Crippen LogP contribution in [0.25, 0.3) is 0 Å². The number of aliphatic hydroxyl groups is 1. The van der Waals surface area contributed by atoms with Gasteiger partial charge in [-0.3, -0.25) is 0 Å². The molecule has 0 saturated heterocycles. The Morgan fingerprint density at radius 2 is 1.37 bits per heavy atom. The molecule has 0 aliphatic carbocycles. The van der Waals surface area contributed by atoms with E-state index in [9.17, 15) is 5.11 Å². The molecule has 1 unspecified atom stereocenters. The number of nitrogens with two attached hydrogens (primary N) is 1. The van der Waals surface area contributed by atoms with Crippen LogP contribution in [0, 0.1) is 13.8 Å². The van der Waals surface area contributed by atoms with Crippen LogP contribution < -0.4 is 5.73 Å². The molecule has 2 rings (SSSR count). The lowest BCUT2D eigenvalue weighted by molar-refractivity contribution is 0.0578. The molecule has 0 bridgehead atoms. The van der Waals surface area contributed by atoms with Crippen molar-refractivity contribution in [3.63, 3.8) is 0 Å². The average molecular weight is 255 g/mol. The van der Waals surface area contributed by atoms with E-state index in [1.165, 1.54) is 0 Å². The summed E-state index contributed by atoms with van der Waals surface area (Å²) in [7, 11) is 0. The second-order valence-corrected chi connectivity index (χ2v) is 5.29. The van der Waals surface area contributed by atoms with Gasteiger partial charge in [-0.1, -0.05) is 59.7 Å². The Hall–Kier alpha value is -1.64. The van der Waals surface area contributed by atoms with E-state index in [1.807, 2.05) is 69.3 Å². The molecular formula is C17H21NO. The maximum absolute atomic E-state index is 11.2. The summed E-state index contributed by atoms with van der Waals surface area (Å²) in [5, 5.41) is 11.2. The minimum absolute atomic E-state index is 0.393. The van der Waals surface area contributed by atoms with Gasteiger partial charge in [0.05, 0.1) is 0 Å². The molecule has 2 aromatic rings. The van der Waals surface area contributed by atoms with Crippen molar-refractivity contribution in [3.8, 4) is 0 Å². The smallest absolute Gasteiger partial charge is 0.129 e. The first-order chi connectivity index (χ1) is 8.94. The zero-order valence-corrected chi connectivity index (χ0v) is 11.7. The minimum Gasteiger partial charge on any atom is -0.379 e. The molecule has 100 valence electrons. The molecule has 0 amide bonds. The number of hydrogen-bond donors (Lipinski definition) is 2. The zero-order chi connectivity index (χ0) is 14.0. The Kier molecular flexibility index (Phi) is 3.74. The second kappa shape index (κ2) is 5.16. The van der Waals surface area contributed by atoms with E-state index in [-0.39, 0.29) is 0 Å². The Bertz CT molecular complexity index is 529. The highest BCUT2D eigenvalue weighted by molar-refractivity contribution is 5.40. The largest absolute Gasteiger partial charge is 0.379 e. The van der Waals surface area contributed by atoms with Crippen molar-refractivity contribution in [3.05, 3.63) is 70.8 Å². The fourth-order valence-corrected chi connectivity index (χ4v) is 2.46. The summed E-state index contributed by atoms with van der Waals surface area (Å²) in [4.78, 5) is 0. The maximum atomic E-state index is 11.2. The maximum Gasteiger partial charge on any atom is 0.129 e.